The van der Waals surface area contributed by atoms with E-state index in [0.717, 1.165) is 0 Å². The molecule has 0 atom stereocenters. The molecule has 7 nitrogen and oxygen atoms in total. The fraction of sp³-hybridized carbons (Fsp3) is 0.200. The van der Waals surface area contributed by atoms with Crippen molar-refractivity contribution in [1.82, 2.24) is 14.5 Å². The summed E-state index contributed by atoms with van der Waals surface area (Å²) in [7, 11) is -3.77. The van der Waals surface area contributed by atoms with E-state index >= 15 is 0 Å². The minimum Gasteiger partial charge on any atom is -0.448 e. The number of imidazole rings is 1. The van der Waals surface area contributed by atoms with E-state index in [-0.39, 0.29) is 10.8 Å². The van der Waals surface area contributed by atoms with E-state index in [0.29, 0.717) is 23.1 Å². The smallest absolute Gasteiger partial charge is 0.238 e. The Labute approximate surface area is 133 Å². The molecule has 0 aliphatic carbocycles. The Morgan fingerprint density at radius 3 is 2.74 bits per heavy atom. The number of hydrogen-bond donors (Lipinski definition) is 1. The maximum absolute atomic E-state index is 11.5. The second kappa shape index (κ2) is 5.64. The van der Waals surface area contributed by atoms with E-state index in [2.05, 4.69) is 9.97 Å². The molecular formula is C15H16N4O3S. The van der Waals surface area contributed by atoms with Crippen LogP contribution < -0.4 is 5.14 Å². The highest BCUT2D eigenvalue weighted by Gasteiger charge is 2.16. The van der Waals surface area contributed by atoms with Gasteiger partial charge < -0.3 is 4.42 Å². The monoisotopic (exact) mass is 332 g/mol. The first-order valence-electron chi connectivity index (χ1n) is 6.98. The first kappa shape index (κ1) is 15.4. The number of primary sulfonamides is 1. The van der Waals surface area contributed by atoms with Gasteiger partial charge in [-0.15, -0.1) is 0 Å². The molecule has 1 aromatic carbocycles. The van der Waals surface area contributed by atoms with Gasteiger partial charge in [0.15, 0.2) is 11.7 Å². The highest BCUT2D eigenvalue weighted by molar-refractivity contribution is 7.89. The predicted molar refractivity (Wildman–Crippen MR) is 84.5 cm³/mol. The molecule has 0 bridgehead atoms. The molecule has 3 aromatic rings. The van der Waals surface area contributed by atoms with Crippen LogP contribution in [0.25, 0.3) is 17.2 Å². The third-order valence-electron chi connectivity index (χ3n) is 3.31. The third kappa shape index (κ3) is 3.03. The van der Waals surface area contributed by atoms with E-state index in [1.54, 1.807) is 29.1 Å². The Hall–Kier alpha value is -2.45. The molecule has 0 saturated heterocycles. The topological polar surface area (TPSA) is 104 Å². The third-order valence-corrected chi connectivity index (χ3v) is 4.22. The summed E-state index contributed by atoms with van der Waals surface area (Å²) in [6.07, 6.45) is 4.88. The molecule has 23 heavy (non-hydrogen) atoms. The van der Waals surface area contributed by atoms with Gasteiger partial charge in [-0.25, -0.2) is 23.5 Å². The molecular weight excluding hydrogens is 316 g/mol. The average Bonchev–Trinajstić information content (AvgIpc) is 3.15. The summed E-state index contributed by atoms with van der Waals surface area (Å²) >= 11 is 0. The van der Waals surface area contributed by atoms with Crippen LogP contribution in [0.2, 0.25) is 0 Å². The summed E-state index contributed by atoms with van der Waals surface area (Å²) in [6.45, 7) is 3.97. The maximum Gasteiger partial charge on any atom is 0.238 e. The summed E-state index contributed by atoms with van der Waals surface area (Å²) in [4.78, 5) is 8.74. The molecule has 2 N–H and O–H groups in total. The van der Waals surface area contributed by atoms with E-state index in [1.165, 1.54) is 18.4 Å². The first-order valence-corrected chi connectivity index (χ1v) is 8.53. The van der Waals surface area contributed by atoms with Gasteiger partial charge in [0.05, 0.1) is 4.90 Å². The summed E-state index contributed by atoms with van der Waals surface area (Å²) in [5.74, 6) is 1.35. The minimum atomic E-state index is -3.77. The molecule has 0 amide bonds. The minimum absolute atomic E-state index is 0.0395. The van der Waals surface area contributed by atoms with Crippen LogP contribution in [0.15, 0.2) is 52.2 Å². The highest BCUT2D eigenvalue weighted by Crippen LogP contribution is 2.24. The van der Waals surface area contributed by atoms with E-state index in [4.69, 9.17) is 9.56 Å². The molecule has 2 heterocycles. The molecule has 0 saturated carbocycles. The van der Waals surface area contributed by atoms with Crippen LogP contribution in [0.5, 0.6) is 0 Å². The van der Waals surface area contributed by atoms with Crippen molar-refractivity contribution < 1.29 is 12.8 Å². The van der Waals surface area contributed by atoms with Gasteiger partial charge in [0.2, 0.25) is 10.0 Å². The fourth-order valence-corrected chi connectivity index (χ4v) is 2.72. The normalized spacial score (nSPS) is 12.0. The predicted octanol–water partition coefficient (Wildman–Crippen LogP) is 2.30. The van der Waals surface area contributed by atoms with Crippen LogP contribution in [-0.4, -0.2) is 23.0 Å². The molecule has 3 rings (SSSR count). The SMILES string of the molecule is CC(C)c1nc(-c2nccn2-c2cccc(S(N)(=O)=O)c2)co1. The van der Waals surface area contributed by atoms with Gasteiger partial charge in [-0.2, -0.15) is 0 Å². The molecule has 120 valence electrons. The lowest BCUT2D eigenvalue weighted by Crippen LogP contribution is -2.12. The van der Waals surface area contributed by atoms with Gasteiger partial charge in [0.1, 0.15) is 12.0 Å². The second-order valence-electron chi connectivity index (χ2n) is 5.39. The summed E-state index contributed by atoms with van der Waals surface area (Å²) in [5, 5.41) is 5.18. The quantitative estimate of drug-likeness (QED) is 0.789. The van der Waals surface area contributed by atoms with Crippen LogP contribution in [0.3, 0.4) is 0 Å². The number of hydrogen-bond acceptors (Lipinski definition) is 5. The van der Waals surface area contributed by atoms with Crippen LogP contribution in [0.4, 0.5) is 0 Å². The van der Waals surface area contributed by atoms with Gasteiger partial charge in [-0.3, -0.25) is 4.57 Å². The standard InChI is InChI=1S/C15H16N4O3S/c1-10(2)15-18-13(9-22-15)14-17-6-7-19(14)11-4-3-5-12(8-11)23(16,20)21/h3-10H,1-2H3,(H2,16,20,21). The van der Waals surface area contributed by atoms with Crippen LogP contribution >= 0.6 is 0 Å². The van der Waals surface area contributed by atoms with Gasteiger partial charge in [0, 0.05) is 24.0 Å². The molecule has 0 aliphatic heterocycles. The number of nitrogens with zero attached hydrogens (tertiary/aromatic N) is 3. The van der Waals surface area contributed by atoms with E-state index < -0.39 is 10.0 Å². The summed E-state index contributed by atoms with van der Waals surface area (Å²) in [6, 6.07) is 6.33. The fourth-order valence-electron chi connectivity index (χ4n) is 2.17. The first-order chi connectivity index (χ1) is 10.9. The average molecular weight is 332 g/mol. The zero-order valence-electron chi connectivity index (χ0n) is 12.7. The van der Waals surface area contributed by atoms with Crippen molar-refractivity contribution in [3.05, 3.63) is 48.8 Å². The van der Waals surface area contributed by atoms with Crippen LogP contribution in [0.1, 0.15) is 25.7 Å². The molecule has 0 radical (unpaired) electrons. The molecule has 8 heteroatoms. The zero-order chi connectivity index (χ0) is 16.6. The van der Waals surface area contributed by atoms with Crippen molar-refractivity contribution >= 4 is 10.0 Å². The number of oxazole rings is 1. The number of benzene rings is 1. The molecule has 0 spiro atoms. The van der Waals surface area contributed by atoms with Crippen molar-refractivity contribution in [2.24, 2.45) is 5.14 Å². The van der Waals surface area contributed by atoms with Crippen LogP contribution in [0, 0.1) is 0 Å². The molecule has 2 aromatic heterocycles. The number of sulfonamides is 1. The number of aromatic nitrogens is 3. The lowest BCUT2D eigenvalue weighted by molar-refractivity contribution is 0.471. The Balaban J connectivity index is 2.07. The van der Waals surface area contributed by atoms with Crippen molar-refractivity contribution in [2.45, 2.75) is 24.7 Å². The highest BCUT2D eigenvalue weighted by atomic mass is 32.2. The number of nitrogens with two attached hydrogens (primary N) is 1. The molecule has 0 fully saturated rings. The van der Waals surface area contributed by atoms with Crippen molar-refractivity contribution in [3.8, 4) is 17.2 Å². The van der Waals surface area contributed by atoms with Crippen molar-refractivity contribution in [1.29, 1.82) is 0 Å². The van der Waals surface area contributed by atoms with Crippen molar-refractivity contribution in [3.63, 3.8) is 0 Å². The summed E-state index contributed by atoms with van der Waals surface area (Å²) in [5.41, 5.74) is 1.21. The Morgan fingerprint density at radius 1 is 1.30 bits per heavy atom. The Morgan fingerprint density at radius 2 is 2.09 bits per heavy atom. The summed E-state index contributed by atoms with van der Waals surface area (Å²) < 4.78 is 30.2. The maximum atomic E-state index is 11.5. The van der Waals surface area contributed by atoms with Gasteiger partial charge in [-0.1, -0.05) is 19.9 Å². The zero-order valence-corrected chi connectivity index (χ0v) is 13.5. The van der Waals surface area contributed by atoms with Gasteiger partial charge in [-0.05, 0) is 18.2 Å². The molecule has 0 aliphatic rings. The Bertz CT molecular complexity index is 941. The van der Waals surface area contributed by atoms with Gasteiger partial charge in [0.25, 0.3) is 0 Å². The van der Waals surface area contributed by atoms with Crippen molar-refractivity contribution in [2.75, 3.05) is 0 Å². The van der Waals surface area contributed by atoms with E-state index in [1.807, 2.05) is 13.8 Å². The molecule has 0 unspecified atom stereocenters. The lowest BCUT2D eigenvalue weighted by Gasteiger charge is -2.07. The Kier molecular flexibility index (Phi) is 3.78. The van der Waals surface area contributed by atoms with Crippen LogP contribution in [-0.2, 0) is 10.0 Å². The largest absolute Gasteiger partial charge is 0.448 e. The van der Waals surface area contributed by atoms with Gasteiger partial charge >= 0.3 is 0 Å². The number of rotatable bonds is 4. The second-order valence-corrected chi connectivity index (χ2v) is 6.95. The van der Waals surface area contributed by atoms with E-state index in [9.17, 15) is 8.42 Å². The lowest BCUT2D eigenvalue weighted by atomic mass is 10.2.